The predicted octanol–water partition coefficient (Wildman–Crippen LogP) is 0.935. The summed E-state index contributed by atoms with van der Waals surface area (Å²) in [6.45, 7) is 1.76. The molecule has 0 bridgehead atoms. The molecule has 2 rings (SSSR count). The molecule has 1 amide bonds. The summed E-state index contributed by atoms with van der Waals surface area (Å²) in [6, 6.07) is 7.11. The number of nitrogens with one attached hydrogen (secondary N) is 1. The van der Waals surface area contributed by atoms with Crippen molar-refractivity contribution in [3.05, 3.63) is 45.9 Å². The van der Waals surface area contributed by atoms with Gasteiger partial charge in [0.1, 0.15) is 5.69 Å². The van der Waals surface area contributed by atoms with Crippen LogP contribution in [0.5, 0.6) is 0 Å². The molecular formula is C11H10N2O2. The standard InChI is InChI=1S/C11H10N2O2/c1-6-7-4-2-3-5-8(7)11(15)13-9(6)10(12)14/h2-5H,1H3,(H2,12,14)(H,13,15). The number of rotatable bonds is 1. The molecule has 0 aliphatic heterocycles. The molecule has 0 radical (unpaired) electrons. The summed E-state index contributed by atoms with van der Waals surface area (Å²) >= 11 is 0. The third-order valence-electron chi connectivity index (χ3n) is 2.44. The topological polar surface area (TPSA) is 76.0 Å². The van der Waals surface area contributed by atoms with E-state index >= 15 is 0 Å². The minimum absolute atomic E-state index is 0.179. The zero-order valence-electron chi connectivity index (χ0n) is 8.20. The summed E-state index contributed by atoms with van der Waals surface area (Å²) in [5, 5.41) is 1.33. The van der Waals surface area contributed by atoms with Crippen molar-refractivity contribution >= 4 is 16.7 Å². The van der Waals surface area contributed by atoms with Gasteiger partial charge in [-0.05, 0) is 23.9 Å². The van der Waals surface area contributed by atoms with Crippen molar-refractivity contribution in [2.24, 2.45) is 5.73 Å². The van der Waals surface area contributed by atoms with Crippen LogP contribution in [0.15, 0.2) is 29.1 Å². The Morgan fingerprint density at radius 3 is 2.47 bits per heavy atom. The highest BCUT2D eigenvalue weighted by Gasteiger charge is 2.10. The van der Waals surface area contributed by atoms with Crippen molar-refractivity contribution in [2.45, 2.75) is 6.92 Å². The maximum atomic E-state index is 11.6. The molecule has 0 saturated carbocycles. The lowest BCUT2D eigenvalue weighted by Crippen LogP contribution is -2.20. The summed E-state index contributed by atoms with van der Waals surface area (Å²) < 4.78 is 0. The zero-order valence-corrected chi connectivity index (χ0v) is 8.20. The van der Waals surface area contributed by atoms with Gasteiger partial charge in [-0.3, -0.25) is 9.59 Å². The number of aryl methyl sites for hydroxylation is 1. The van der Waals surface area contributed by atoms with Crippen LogP contribution in [0.3, 0.4) is 0 Å². The maximum absolute atomic E-state index is 11.6. The van der Waals surface area contributed by atoms with Gasteiger partial charge in [0.2, 0.25) is 0 Å². The second-order valence-electron chi connectivity index (χ2n) is 3.36. The molecule has 3 N–H and O–H groups in total. The lowest BCUT2D eigenvalue weighted by Gasteiger charge is -2.05. The van der Waals surface area contributed by atoms with Crippen molar-refractivity contribution in [1.29, 1.82) is 0 Å². The van der Waals surface area contributed by atoms with Gasteiger partial charge >= 0.3 is 0 Å². The number of carbonyl (C=O) groups excluding carboxylic acids is 1. The van der Waals surface area contributed by atoms with Crippen LogP contribution in [0.4, 0.5) is 0 Å². The second kappa shape index (κ2) is 3.24. The van der Waals surface area contributed by atoms with E-state index in [4.69, 9.17) is 5.73 Å². The van der Waals surface area contributed by atoms with E-state index in [1.54, 1.807) is 25.1 Å². The van der Waals surface area contributed by atoms with Gasteiger partial charge in [0, 0.05) is 5.39 Å². The molecule has 15 heavy (non-hydrogen) atoms. The summed E-state index contributed by atoms with van der Waals surface area (Å²) in [7, 11) is 0. The number of fused-ring (bicyclic) bond motifs is 1. The van der Waals surface area contributed by atoms with Crippen molar-refractivity contribution in [3.63, 3.8) is 0 Å². The number of aromatic nitrogens is 1. The van der Waals surface area contributed by atoms with E-state index in [9.17, 15) is 9.59 Å². The smallest absolute Gasteiger partial charge is 0.265 e. The van der Waals surface area contributed by atoms with E-state index in [1.807, 2.05) is 6.07 Å². The van der Waals surface area contributed by atoms with Crippen LogP contribution in [-0.4, -0.2) is 10.9 Å². The first kappa shape index (κ1) is 9.45. The summed E-state index contributed by atoms with van der Waals surface area (Å²) in [6.07, 6.45) is 0. The number of primary amides is 1. The number of benzene rings is 1. The number of carbonyl (C=O) groups is 1. The Balaban J connectivity index is 2.97. The normalized spacial score (nSPS) is 10.5. The average Bonchev–Trinajstić information content (AvgIpc) is 2.23. The zero-order chi connectivity index (χ0) is 11.0. The predicted molar refractivity (Wildman–Crippen MR) is 57.8 cm³/mol. The van der Waals surface area contributed by atoms with Crippen LogP contribution in [0.2, 0.25) is 0 Å². The van der Waals surface area contributed by atoms with Gasteiger partial charge in [0.05, 0.1) is 0 Å². The molecule has 1 heterocycles. The second-order valence-corrected chi connectivity index (χ2v) is 3.36. The van der Waals surface area contributed by atoms with E-state index in [0.717, 1.165) is 5.39 Å². The first-order valence-corrected chi connectivity index (χ1v) is 4.52. The molecule has 76 valence electrons. The molecule has 0 aliphatic carbocycles. The van der Waals surface area contributed by atoms with Gasteiger partial charge in [-0.2, -0.15) is 0 Å². The van der Waals surface area contributed by atoms with E-state index < -0.39 is 5.91 Å². The number of aromatic amines is 1. The van der Waals surface area contributed by atoms with Crippen molar-refractivity contribution in [1.82, 2.24) is 4.98 Å². The molecule has 0 fully saturated rings. The number of pyridine rings is 1. The molecule has 0 spiro atoms. The third kappa shape index (κ3) is 1.40. The van der Waals surface area contributed by atoms with E-state index in [-0.39, 0.29) is 11.3 Å². The van der Waals surface area contributed by atoms with Crippen LogP contribution in [0.25, 0.3) is 10.8 Å². The fourth-order valence-electron chi connectivity index (χ4n) is 1.66. The van der Waals surface area contributed by atoms with Crippen molar-refractivity contribution < 1.29 is 4.79 Å². The number of H-pyrrole nitrogens is 1. The molecule has 0 atom stereocenters. The Kier molecular flexibility index (Phi) is 2.04. The number of hydrogen-bond donors (Lipinski definition) is 2. The monoisotopic (exact) mass is 202 g/mol. The number of nitrogens with two attached hydrogens (primary N) is 1. The number of hydrogen-bond acceptors (Lipinski definition) is 2. The highest BCUT2D eigenvalue weighted by Crippen LogP contribution is 2.16. The molecule has 0 aliphatic rings. The van der Waals surface area contributed by atoms with Gasteiger partial charge in [-0.1, -0.05) is 18.2 Å². The molecule has 0 unspecified atom stereocenters. The van der Waals surface area contributed by atoms with Crippen molar-refractivity contribution in [3.8, 4) is 0 Å². The fourth-order valence-corrected chi connectivity index (χ4v) is 1.66. The van der Waals surface area contributed by atoms with Crippen LogP contribution in [-0.2, 0) is 0 Å². The van der Waals surface area contributed by atoms with Gasteiger partial charge in [-0.25, -0.2) is 0 Å². The van der Waals surface area contributed by atoms with E-state index in [0.29, 0.717) is 10.9 Å². The Morgan fingerprint density at radius 1 is 1.27 bits per heavy atom. The van der Waals surface area contributed by atoms with Gasteiger partial charge < -0.3 is 10.7 Å². The minimum Gasteiger partial charge on any atom is -0.364 e. The maximum Gasteiger partial charge on any atom is 0.265 e. The highest BCUT2D eigenvalue weighted by molar-refractivity contribution is 5.98. The molecular weight excluding hydrogens is 192 g/mol. The van der Waals surface area contributed by atoms with Crippen LogP contribution in [0, 0.1) is 6.92 Å². The average molecular weight is 202 g/mol. The van der Waals surface area contributed by atoms with Crippen LogP contribution >= 0.6 is 0 Å². The Hall–Kier alpha value is -2.10. The first-order valence-electron chi connectivity index (χ1n) is 4.52. The first-order chi connectivity index (χ1) is 7.11. The molecule has 1 aromatic carbocycles. The van der Waals surface area contributed by atoms with Gasteiger partial charge in [0.25, 0.3) is 11.5 Å². The molecule has 4 nitrogen and oxygen atoms in total. The lowest BCUT2D eigenvalue weighted by molar-refractivity contribution is 0.0995. The Labute approximate surface area is 85.7 Å². The summed E-state index contributed by atoms with van der Waals surface area (Å²) in [5.74, 6) is -0.615. The molecule has 1 aromatic heterocycles. The largest absolute Gasteiger partial charge is 0.364 e. The summed E-state index contributed by atoms with van der Waals surface area (Å²) in [5.41, 5.74) is 5.76. The molecule has 2 aromatic rings. The quantitative estimate of drug-likeness (QED) is 0.721. The van der Waals surface area contributed by atoms with E-state index in [2.05, 4.69) is 4.98 Å². The molecule has 0 saturated heterocycles. The third-order valence-corrected chi connectivity index (χ3v) is 2.44. The van der Waals surface area contributed by atoms with Crippen LogP contribution in [0.1, 0.15) is 16.1 Å². The van der Waals surface area contributed by atoms with Crippen molar-refractivity contribution in [2.75, 3.05) is 0 Å². The van der Waals surface area contributed by atoms with E-state index in [1.165, 1.54) is 0 Å². The minimum atomic E-state index is -0.615. The highest BCUT2D eigenvalue weighted by atomic mass is 16.1. The fraction of sp³-hybridized carbons (Fsp3) is 0.0909. The Bertz CT molecular complexity index is 599. The number of amides is 1. The summed E-state index contributed by atoms with van der Waals surface area (Å²) in [4.78, 5) is 25.2. The molecule has 4 heteroatoms. The SMILES string of the molecule is Cc1c(C(N)=O)[nH]c(=O)c2ccccc12. The lowest BCUT2D eigenvalue weighted by atomic mass is 10.1. The van der Waals surface area contributed by atoms with Gasteiger partial charge in [-0.15, -0.1) is 0 Å². The van der Waals surface area contributed by atoms with Crippen LogP contribution < -0.4 is 11.3 Å². The Morgan fingerprint density at radius 2 is 1.87 bits per heavy atom. The van der Waals surface area contributed by atoms with Gasteiger partial charge in [0.15, 0.2) is 0 Å².